The summed E-state index contributed by atoms with van der Waals surface area (Å²) in [5, 5.41) is 4.93. The Hall–Kier alpha value is -2.92. The topological polar surface area (TPSA) is 51.5 Å². The molecule has 0 bridgehead atoms. The molecule has 0 aliphatic rings. The fourth-order valence-corrected chi connectivity index (χ4v) is 3.64. The molecule has 1 aromatic heterocycles. The number of hydrogen-bond acceptors (Lipinski definition) is 4. The number of hydrogen-bond donors (Lipinski definition) is 1. The smallest absolute Gasteiger partial charge is 0.256 e. The average molecular weight is 363 g/mol. The Morgan fingerprint density at radius 1 is 1.00 bits per heavy atom. The van der Waals surface area contributed by atoms with E-state index in [1.54, 1.807) is 7.11 Å². The maximum Gasteiger partial charge on any atom is 0.256 e. The summed E-state index contributed by atoms with van der Waals surface area (Å²) in [5.74, 6) is 0.419. The van der Waals surface area contributed by atoms with Crippen LogP contribution in [0.5, 0.6) is 5.75 Å². The first-order chi connectivity index (χ1) is 12.7. The highest BCUT2D eigenvalue weighted by molar-refractivity contribution is 7.98. The predicted octanol–water partition coefficient (Wildman–Crippen LogP) is 5.57. The summed E-state index contributed by atoms with van der Waals surface area (Å²) in [5.41, 5.74) is 2.73. The van der Waals surface area contributed by atoms with Gasteiger partial charge in [-0.05, 0) is 30.5 Å². The van der Waals surface area contributed by atoms with E-state index in [1.807, 2.05) is 66.9 Å². The Labute approximate surface area is 155 Å². The number of carbonyl (C=O) groups excluding carboxylic acids is 1. The summed E-state index contributed by atoms with van der Waals surface area (Å²) < 4.78 is 11.4. The van der Waals surface area contributed by atoms with Crippen molar-refractivity contribution in [1.29, 1.82) is 0 Å². The van der Waals surface area contributed by atoms with Gasteiger partial charge in [0.25, 0.3) is 5.91 Å². The number of rotatable bonds is 4. The molecule has 0 unspecified atom stereocenters. The minimum absolute atomic E-state index is 0.177. The van der Waals surface area contributed by atoms with E-state index in [9.17, 15) is 4.79 Å². The normalized spacial score (nSPS) is 11.0. The quantitative estimate of drug-likeness (QED) is 0.482. The molecule has 1 N–H and O–H groups in total. The molecular weight excluding hydrogens is 346 g/mol. The van der Waals surface area contributed by atoms with Crippen molar-refractivity contribution >= 4 is 45.3 Å². The van der Waals surface area contributed by atoms with E-state index >= 15 is 0 Å². The predicted molar refractivity (Wildman–Crippen MR) is 106 cm³/mol. The highest BCUT2D eigenvalue weighted by Crippen LogP contribution is 2.36. The lowest BCUT2D eigenvalue weighted by Gasteiger charge is -2.12. The van der Waals surface area contributed by atoms with Crippen molar-refractivity contribution in [2.75, 3.05) is 18.7 Å². The molecule has 0 spiro atoms. The van der Waals surface area contributed by atoms with Crippen LogP contribution >= 0.6 is 11.8 Å². The Morgan fingerprint density at radius 3 is 2.58 bits per heavy atom. The fraction of sp³-hybridized carbons (Fsp3) is 0.0952. The Kier molecular flexibility index (Phi) is 4.31. The Bertz CT molecular complexity index is 1120. The number of amides is 1. The monoisotopic (exact) mass is 363 g/mol. The largest absolute Gasteiger partial charge is 0.495 e. The van der Waals surface area contributed by atoms with Gasteiger partial charge in [0, 0.05) is 21.7 Å². The number of anilines is 1. The van der Waals surface area contributed by atoms with Gasteiger partial charge in [-0.25, -0.2) is 0 Å². The van der Waals surface area contributed by atoms with Crippen LogP contribution in [0.2, 0.25) is 0 Å². The number of fused-ring (bicyclic) bond motifs is 3. The zero-order chi connectivity index (χ0) is 18.1. The van der Waals surface area contributed by atoms with E-state index in [1.165, 1.54) is 11.8 Å². The summed E-state index contributed by atoms with van der Waals surface area (Å²) >= 11 is 1.54. The first-order valence-corrected chi connectivity index (χ1v) is 9.37. The number of thioether (sulfide) groups is 1. The molecule has 4 nitrogen and oxygen atoms in total. The van der Waals surface area contributed by atoms with Crippen molar-refractivity contribution in [3.63, 3.8) is 0 Å². The third kappa shape index (κ3) is 2.80. The van der Waals surface area contributed by atoms with Crippen molar-refractivity contribution < 1.29 is 13.9 Å². The summed E-state index contributed by atoms with van der Waals surface area (Å²) in [6.07, 6.45) is 1.95. The van der Waals surface area contributed by atoms with Crippen molar-refractivity contribution in [1.82, 2.24) is 0 Å². The second-order valence-electron chi connectivity index (χ2n) is 5.80. The van der Waals surface area contributed by atoms with Crippen LogP contribution in [0.15, 0.2) is 70.0 Å². The molecule has 1 amide bonds. The number of benzene rings is 3. The zero-order valence-corrected chi connectivity index (χ0v) is 15.2. The molecule has 4 rings (SSSR count). The first-order valence-electron chi connectivity index (χ1n) is 8.15. The molecule has 0 aliphatic heterocycles. The van der Waals surface area contributed by atoms with Gasteiger partial charge in [0.15, 0.2) is 0 Å². The van der Waals surface area contributed by atoms with Crippen LogP contribution < -0.4 is 10.1 Å². The molecular formula is C21H17NO3S. The standard InChI is InChI=1S/C21H17NO3S/c1-24-19-11-15-13-7-3-5-9-17(13)25-18(15)12-16(19)22-21(23)14-8-4-6-10-20(14)26-2/h3-12H,1-2H3,(H,22,23). The lowest BCUT2D eigenvalue weighted by atomic mass is 10.1. The summed E-state index contributed by atoms with van der Waals surface area (Å²) in [6.45, 7) is 0. The van der Waals surface area contributed by atoms with Gasteiger partial charge in [-0.3, -0.25) is 4.79 Å². The third-order valence-electron chi connectivity index (χ3n) is 4.30. The van der Waals surface area contributed by atoms with Crippen molar-refractivity contribution in [3.05, 3.63) is 66.2 Å². The third-order valence-corrected chi connectivity index (χ3v) is 5.09. The van der Waals surface area contributed by atoms with Crippen LogP contribution in [0.4, 0.5) is 5.69 Å². The van der Waals surface area contributed by atoms with Gasteiger partial charge in [0.1, 0.15) is 16.9 Å². The number of ether oxygens (including phenoxy) is 1. The minimum atomic E-state index is -0.177. The van der Waals surface area contributed by atoms with Crippen molar-refractivity contribution in [2.24, 2.45) is 0 Å². The first kappa shape index (κ1) is 16.5. The van der Waals surface area contributed by atoms with Crippen LogP contribution in [-0.2, 0) is 0 Å². The van der Waals surface area contributed by atoms with E-state index in [-0.39, 0.29) is 5.91 Å². The molecule has 3 aromatic carbocycles. The molecule has 4 aromatic rings. The molecule has 0 fully saturated rings. The van der Waals surface area contributed by atoms with E-state index in [2.05, 4.69) is 5.32 Å². The van der Waals surface area contributed by atoms with Crippen LogP contribution in [0.3, 0.4) is 0 Å². The lowest BCUT2D eigenvalue weighted by Crippen LogP contribution is -2.13. The van der Waals surface area contributed by atoms with Gasteiger partial charge in [0.05, 0.1) is 18.4 Å². The second kappa shape index (κ2) is 6.77. The number of para-hydroxylation sites is 1. The number of nitrogens with one attached hydrogen (secondary N) is 1. The van der Waals surface area contributed by atoms with Crippen molar-refractivity contribution in [2.45, 2.75) is 4.90 Å². The zero-order valence-electron chi connectivity index (χ0n) is 14.4. The minimum Gasteiger partial charge on any atom is -0.495 e. The summed E-state index contributed by atoms with van der Waals surface area (Å²) in [7, 11) is 1.59. The van der Waals surface area contributed by atoms with Gasteiger partial charge in [-0.15, -0.1) is 11.8 Å². The van der Waals surface area contributed by atoms with Crippen molar-refractivity contribution in [3.8, 4) is 5.75 Å². The van der Waals surface area contributed by atoms with Crippen LogP contribution in [0.25, 0.3) is 21.9 Å². The molecule has 1 heterocycles. The number of furan rings is 1. The van der Waals surface area contributed by atoms with Crippen LogP contribution in [-0.4, -0.2) is 19.3 Å². The second-order valence-corrected chi connectivity index (χ2v) is 6.65. The number of carbonyl (C=O) groups is 1. The Balaban J connectivity index is 1.78. The maximum absolute atomic E-state index is 12.8. The highest BCUT2D eigenvalue weighted by Gasteiger charge is 2.16. The van der Waals surface area contributed by atoms with Crippen LogP contribution in [0.1, 0.15) is 10.4 Å². The summed E-state index contributed by atoms with van der Waals surface area (Å²) in [6, 6.07) is 19.1. The van der Waals surface area contributed by atoms with E-state index in [4.69, 9.17) is 9.15 Å². The molecule has 0 radical (unpaired) electrons. The molecule has 0 saturated heterocycles. The van der Waals surface area contributed by atoms with Gasteiger partial charge >= 0.3 is 0 Å². The van der Waals surface area contributed by atoms with Gasteiger partial charge in [-0.2, -0.15) is 0 Å². The van der Waals surface area contributed by atoms with E-state index in [0.29, 0.717) is 22.6 Å². The van der Waals surface area contributed by atoms with E-state index in [0.717, 1.165) is 21.3 Å². The molecule has 130 valence electrons. The summed E-state index contributed by atoms with van der Waals surface area (Å²) in [4.78, 5) is 13.7. The Morgan fingerprint density at radius 2 is 1.77 bits per heavy atom. The van der Waals surface area contributed by atoms with E-state index < -0.39 is 0 Å². The highest BCUT2D eigenvalue weighted by atomic mass is 32.2. The van der Waals surface area contributed by atoms with Gasteiger partial charge in [-0.1, -0.05) is 30.3 Å². The number of methoxy groups -OCH3 is 1. The molecule has 0 atom stereocenters. The molecule has 0 saturated carbocycles. The van der Waals surface area contributed by atoms with Gasteiger partial charge in [0.2, 0.25) is 0 Å². The lowest BCUT2D eigenvalue weighted by molar-refractivity contribution is 0.102. The SMILES string of the molecule is COc1cc2c(cc1NC(=O)c1ccccc1SC)oc1ccccc12. The van der Waals surface area contributed by atoms with Gasteiger partial charge < -0.3 is 14.5 Å². The molecule has 5 heteroatoms. The molecule has 26 heavy (non-hydrogen) atoms. The maximum atomic E-state index is 12.8. The fourth-order valence-electron chi connectivity index (χ4n) is 3.04. The van der Waals surface area contributed by atoms with Crippen LogP contribution in [0, 0.1) is 0 Å². The average Bonchev–Trinajstić information content (AvgIpc) is 3.04. The molecule has 0 aliphatic carbocycles.